The van der Waals surface area contributed by atoms with Crippen molar-refractivity contribution >= 4 is 11.6 Å². The second kappa shape index (κ2) is 4.77. The Hall–Kier alpha value is -0.580. The largest absolute Gasteiger partial charge is 0.314 e. The molecule has 4 nitrogen and oxygen atoms in total. The first-order chi connectivity index (χ1) is 6.84. The predicted molar refractivity (Wildman–Crippen MR) is 56.5 cm³/mol. The predicted octanol–water partition coefficient (Wildman–Crippen LogP) is 0.442. The van der Waals surface area contributed by atoms with Gasteiger partial charge in [0, 0.05) is 38.9 Å². The van der Waals surface area contributed by atoms with Gasteiger partial charge in [-0.3, -0.25) is 9.58 Å². The number of halogens is 1. The monoisotopic (exact) mass is 214 g/mol. The minimum Gasteiger partial charge on any atom is -0.314 e. The zero-order chi connectivity index (χ0) is 9.80. The number of rotatable bonds is 3. The van der Waals surface area contributed by atoms with Crippen LogP contribution in [0.15, 0.2) is 12.4 Å². The average Bonchev–Trinajstić information content (AvgIpc) is 2.63. The van der Waals surface area contributed by atoms with E-state index in [0.29, 0.717) is 5.02 Å². The van der Waals surface area contributed by atoms with Gasteiger partial charge in [-0.25, -0.2) is 0 Å². The van der Waals surface area contributed by atoms with Crippen molar-refractivity contribution in [2.24, 2.45) is 0 Å². The fraction of sp³-hybridized carbons (Fsp3) is 0.667. The molecule has 1 aliphatic heterocycles. The molecule has 0 bridgehead atoms. The molecule has 1 N–H and O–H groups in total. The van der Waals surface area contributed by atoms with Crippen molar-refractivity contribution in [1.82, 2.24) is 20.0 Å². The first kappa shape index (κ1) is 9.96. The molecule has 1 saturated heterocycles. The Morgan fingerprint density at radius 2 is 2.14 bits per heavy atom. The van der Waals surface area contributed by atoms with E-state index < -0.39 is 0 Å². The Kier molecular flexibility index (Phi) is 3.39. The van der Waals surface area contributed by atoms with Crippen molar-refractivity contribution in [2.45, 2.75) is 6.54 Å². The molecule has 1 fully saturated rings. The molecule has 2 heterocycles. The van der Waals surface area contributed by atoms with Crippen LogP contribution in [0, 0.1) is 0 Å². The fourth-order valence-electron chi connectivity index (χ4n) is 1.64. The zero-order valence-corrected chi connectivity index (χ0v) is 8.87. The molecule has 0 saturated carbocycles. The molecule has 78 valence electrons. The SMILES string of the molecule is Clc1cnn(CCN2CCNCC2)c1. The Labute approximate surface area is 88.8 Å². The van der Waals surface area contributed by atoms with Crippen molar-refractivity contribution in [2.75, 3.05) is 32.7 Å². The number of nitrogens with zero attached hydrogens (tertiary/aromatic N) is 3. The molecule has 14 heavy (non-hydrogen) atoms. The third-order valence-corrected chi connectivity index (χ3v) is 2.65. The first-order valence-corrected chi connectivity index (χ1v) is 5.33. The summed E-state index contributed by atoms with van der Waals surface area (Å²) in [5.41, 5.74) is 0. The molecular formula is C9H15ClN4. The summed E-state index contributed by atoms with van der Waals surface area (Å²) < 4.78 is 1.89. The van der Waals surface area contributed by atoms with E-state index in [0.717, 1.165) is 39.3 Å². The van der Waals surface area contributed by atoms with Crippen LogP contribution in [0.5, 0.6) is 0 Å². The summed E-state index contributed by atoms with van der Waals surface area (Å²) in [7, 11) is 0. The summed E-state index contributed by atoms with van der Waals surface area (Å²) in [4.78, 5) is 2.44. The van der Waals surface area contributed by atoms with Gasteiger partial charge in [-0.1, -0.05) is 11.6 Å². The summed E-state index contributed by atoms with van der Waals surface area (Å²) in [6.45, 7) is 6.44. The molecule has 1 aliphatic rings. The normalized spacial score (nSPS) is 18.6. The number of hydrogen-bond acceptors (Lipinski definition) is 3. The smallest absolute Gasteiger partial charge is 0.0785 e. The van der Waals surface area contributed by atoms with Crippen molar-refractivity contribution in [3.63, 3.8) is 0 Å². The maximum absolute atomic E-state index is 5.77. The van der Waals surface area contributed by atoms with E-state index in [1.807, 2.05) is 10.9 Å². The van der Waals surface area contributed by atoms with Crippen molar-refractivity contribution in [3.05, 3.63) is 17.4 Å². The van der Waals surface area contributed by atoms with Crippen LogP contribution in [0.2, 0.25) is 5.02 Å². The Morgan fingerprint density at radius 3 is 2.79 bits per heavy atom. The Bertz CT molecular complexity index is 280. The van der Waals surface area contributed by atoms with Gasteiger partial charge in [0.2, 0.25) is 0 Å². The average molecular weight is 215 g/mol. The molecule has 5 heteroatoms. The summed E-state index contributed by atoms with van der Waals surface area (Å²) >= 11 is 5.77. The van der Waals surface area contributed by atoms with Crippen LogP contribution in [-0.2, 0) is 6.54 Å². The maximum Gasteiger partial charge on any atom is 0.0785 e. The number of hydrogen-bond donors (Lipinski definition) is 1. The highest BCUT2D eigenvalue weighted by atomic mass is 35.5. The van der Waals surface area contributed by atoms with Gasteiger partial charge in [-0.2, -0.15) is 5.10 Å². The highest BCUT2D eigenvalue weighted by molar-refractivity contribution is 6.30. The molecule has 1 aromatic heterocycles. The summed E-state index contributed by atoms with van der Waals surface area (Å²) in [5, 5.41) is 8.19. The van der Waals surface area contributed by atoms with Gasteiger partial charge < -0.3 is 5.32 Å². The molecule has 0 unspecified atom stereocenters. The molecule has 0 aliphatic carbocycles. The van der Waals surface area contributed by atoms with Crippen LogP contribution < -0.4 is 5.32 Å². The molecular weight excluding hydrogens is 200 g/mol. The molecule has 0 aromatic carbocycles. The standard InChI is InChI=1S/C9H15ClN4/c10-9-7-12-14(8-9)6-5-13-3-1-11-2-4-13/h7-8,11H,1-6H2. The van der Waals surface area contributed by atoms with Crippen LogP contribution in [0.1, 0.15) is 0 Å². The lowest BCUT2D eigenvalue weighted by molar-refractivity contribution is 0.229. The lowest BCUT2D eigenvalue weighted by Gasteiger charge is -2.26. The second-order valence-corrected chi connectivity index (χ2v) is 3.95. The van der Waals surface area contributed by atoms with Crippen molar-refractivity contribution < 1.29 is 0 Å². The van der Waals surface area contributed by atoms with E-state index in [4.69, 9.17) is 11.6 Å². The summed E-state index contributed by atoms with van der Waals surface area (Å²) in [6, 6.07) is 0. The van der Waals surface area contributed by atoms with E-state index in [9.17, 15) is 0 Å². The number of piperazine rings is 1. The Morgan fingerprint density at radius 1 is 1.36 bits per heavy atom. The quantitative estimate of drug-likeness (QED) is 0.793. The molecule has 0 radical (unpaired) electrons. The lowest BCUT2D eigenvalue weighted by Crippen LogP contribution is -2.44. The molecule has 0 spiro atoms. The minimum absolute atomic E-state index is 0.713. The van der Waals surface area contributed by atoms with Crippen molar-refractivity contribution in [3.8, 4) is 0 Å². The van der Waals surface area contributed by atoms with Gasteiger partial charge in [0.1, 0.15) is 0 Å². The number of nitrogens with one attached hydrogen (secondary N) is 1. The van der Waals surface area contributed by atoms with Gasteiger partial charge in [0.05, 0.1) is 17.8 Å². The van der Waals surface area contributed by atoms with Crippen LogP contribution in [-0.4, -0.2) is 47.4 Å². The summed E-state index contributed by atoms with van der Waals surface area (Å²) in [6.07, 6.45) is 3.54. The fourth-order valence-corrected chi connectivity index (χ4v) is 1.80. The summed E-state index contributed by atoms with van der Waals surface area (Å²) in [5.74, 6) is 0. The van der Waals surface area contributed by atoms with Crippen LogP contribution in [0.4, 0.5) is 0 Å². The second-order valence-electron chi connectivity index (χ2n) is 3.51. The highest BCUT2D eigenvalue weighted by Crippen LogP contribution is 2.04. The van der Waals surface area contributed by atoms with E-state index in [1.165, 1.54) is 0 Å². The van der Waals surface area contributed by atoms with Gasteiger partial charge in [0.25, 0.3) is 0 Å². The van der Waals surface area contributed by atoms with Gasteiger partial charge >= 0.3 is 0 Å². The van der Waals surface area contributed by atoms with Crippen LogP contribution >= 0.6 is 11.6 Å². The Balaban J connectivity index is 1.76. The molecule has 0 atom stereocenters. The van der Waals surface area contributed by atoms with E-state index in [-0.39, 0.29) is 0 Å². The molecule has 1 aromatic rings. The highest BCUT2D eigenvalue weighted by Gasteiger charge is 2.08. The van der Waals surface area contributed by atoms with Gasteiger partial charge in [0.15, 0.2) is 0 Å². The van der Waals surface area contributed by atoms with Crippen LogP contribution in [0.3, 0.4) is 0 Å². The molecule has 2 rings (SSSR count). The van der Waals surface area contributed by atoms with E-state index in [1.54, 1.807) is 6.20 Å². The third kappa shape index (κ3) is 2.70. The maximum atomic E-state index is 5.77. The molecule has 0 amide bonds. The van der Waals surface area contributed by atoms with Crippen LogP contribution in [0.25, 0.3) is 0 Å². The van der Waals surface area contributed by atoms with Gasteiger partial charge in [-0.15, -0.1) is 0 Å². The minimum atomic E-state index is 0.713. The van der Waals surface area contributed by atoms with E-state index >= 15 is 0 Å². The zero-order valence-electron chi connectivity index (χ0n) is 8.12. The lowest BCUT2D eigenvalue weighted by atomic mass is 10.3. The number of aromatic nitrogens is 2. The topological polar surface area (TPSA) is 33.1 Å². The van der Waals surface area contributed by atoms with E-state index in [2.05, 4.69) is 15.3 Å². The first-order valence-electron chi connectivity index (χ1n) is 4.95. The van der Waals surface area contributed by atoms with Gasteiger partial charge in [-0.05, 0) is 0 Å². The third-order valence-electron chi connectivity index (χ3n) is 2.46. The van der Waals surface area contributed by atoms with Crippen molar-refractivity contribution in [1.29, 1.82) is 0 Å².